The lowest BCUT2D eigenvalue weighted by molar-refractivity contribution is 0.244. The number of nitrogens with zero attached hydrogens (tertiary/aromatic N) is 4. The van der Waals surface area contributed by atoms with E-state index in [0.717, 1.165) is 55.5 Å². The summed E-state index contributed by atoms with van der Waals surface area (Å²) in [6, 6.07) is 8.02. The zero-order chi connectivity index (χ0) is 17.9. The minimum absolute atomic E-state index is 0.0966. The van der Waals surface area contributed by atoms with Gasteiger partial charge in [-0.25, -0.2) is 4.79 Å². The molecule has 0 bridgehead atoms. The Labute approximate surface area is 153 Å². The molecular weight excluding hydrogens is 328 g/mol. The minimum atomic E-state index is -0.145. The molecule has 2 amide bonds. The molecule has 1 saturated heterocycles. The fraction of sp³-hybridized carbons (Fsp3) is 0.526. The third kappa shape index (κ3) is 3.52. The fourth-order valence-electron chi connectivity index (χ4n) is 3.91. The number of benzene rings is 1. The number of fused-ring (bicyclic) bond motifs is 1. The van der Waals surface area contributed by atoms with E-state index in [2.05, 4.69) is 36.4 Å². The zero-order valence-electron chi connectivity index (χ0n) is 15.2. The Balaban J connectivity index is 1.40. The number of urea groups is 1. The molecular formula is C19H26N6O. The van der Waals surface area contributed by atoms with Gasteiger partial charge in [-0.2, -0.15) is 0 Å². The normalized spacial score (nSPS) is 19.7. The molecule has 2 aliphatic rings. The number of rotatable bonds is 3. The molecule has 138 valence electrons. The first-order chi connectivity index (χ1) is 12.7. The number of nitrogens with one attached hydrogen (secondary N) is 2. The molecule has 2 N–H and O–H groups in total. The lowest BCUT2D eigenvalue weighted by Gasteiger charge is -2.31. The van der Waals surface area contributed by atoms with E-state index in [1.807, 2.05) is 25.1 Å². The van der Waals surface area contributed by atoms with Gasteiger partial charge in [-0.1, -0.05) is 12.1 Å². The Bertz CT molecular complexity index is 780. The SMILES string of the molecule is Cc1nnc2n1CC(NC(=O)Nc1ccccc1N1CCCCC1)CC2. The number of carbonyl (C=O) groups excluding carboxylic acids is 1. The van der Waals surface area contributed by atoms with E-state index in [4.69, 9.17) is 0 Å². The molecule has 0 spiro atoms. The third-order valence-corrected chi connectivity index (χ3v) is 5.32. The average Bonchev–Trinajstić information content (AvgIpc) is 3.03. The van der Waals surface area contributed by atoms with Gasteiger partial charge >= 0.3 is 6.03 Å². The van der Waals surface area contributed by atoms with Crippen LogP contribution in [-0.2, 0) is 13.0 Å². The molecule has 2 aliphatic heterocycles. The largest absolute Gasteiger partial charge is 0.370 e. The molecule has 2 aromatic rings. The summed E-state index contributed by atoms with van der Waals surface area (Å²) in [5.41, 5.74) is 1.99. The molecule has 1 aromatic carbocycles. The molecule has 3 heterocycles. The molecule has 26 heavy (non-hydrogen) atoms. The van der Waals surface area contributed by atoms with E-state index in [-0.39, 0.29) is 12.1 Å². The first-order valence-electron chi connectivity index (χ1n) is 9.51. The maximum Gasteiger partial charge on any atom is 0.319 e. The zero-order valence-corrected chi connectivity index (χ0v) is 15.2. The van der Waals surface area contributed by atoms with Gasteiger partial charge in [-0.05, 0) is 44.7 Å². The van der Waals surface area contributed by atoms with Crippen molar-refractivity contribution in [2.75, 3.05) is 23.3 Å². The van der Waals surface area contributed by atoms with Gasteiger partial charge in [-0.15, -0.1) is 10.2 Å². The molecule has 4 rings (SSSR count). The van der Waals surface area contributed by atoms with Gasteiger partial charge < -0.3 is 20.1 Å². The molecule has 7 heteroatoms. The first kappa shape index (κ1) is 16.9. The van der Waals surface area contributed by atoms with E-state index in [0.29, 0.717) is 0 Å². The number of aromatic nitrogens is 3. The van der Waals surface area contributed by atoms with E-state index in [1.165, 1.54) is 19.3 Å². The molecule has 7 nitrogen and oxygen atoms in total. The van der Waals surface area contributed by atoms with Crippen molar-refractivity contribution >= 4 is 17.4 Å². The summed E-state index contributed by atoms with van der Waals surface area (Å²) in [5, 5.41) is 14.5. The smallest absolute Gasteiger partial charge is 0.319 e. The van der Waals surface area contributed by atoms with Crippen molar-refractivity contribution < 1.29 is 4.79 Å². The Morgan fingerprint density at radius 2 is 1.96 bits per heavy atom. The fourth-order valence-corrected chi connectivity index (χ4v) is 3.91. The number of piperidine rings is 1. The quantitative estimate of drug-likeness (QED) is 0.889. The number of aryl methyl sites for hydroxylation is 2. The predicted octanol–water partition coefficient (Wildman–Crippen LogP) is 2.71. The van der Waals surface area contributed by atoms with E-state index >= 15 is 0 Å². The summed E-state index contributed by atoms with van der Waals surface area (Å²) >= 11 is 0. The second-order valence-corrected chi connectivity index (χ2v) is 7.17. The Morgan fingerprint density at radius 3 is 2.81 bits per heavy atom. The number of anilines is 2. The van der Waals surface area contributed by atoms with Crippen molar-refractivity contribution in [1.82, 2.24) is 20.1 Å². The van der Waals surface area contributed by atoms with Crippen LogP contribution < -0.4 is 15.5 Å². The van der Waals surface area contributed by atoms with Crippen LogP contribution in [0.3, 0.4) is 0 Å². The highest BCUT2D eigenvalue weighted by Gasteiger charge is 2.23. The van der Waals surface area contributed by atoms with Crippen molar-refractivity contribution in [3.05, 3.63) is 35.9 Å². The average molecular weight is 354 g/mol. The lowest BCUT2D eigenvalue weighted by atomic mass is 10.1. The van der Waals surface area contributed by atoms with Crippen molar-refractivity contribution in [3.63, 3.8) is 0 Å². The highest BCUT2D eigenvalue weighted by molar-refractivity contribution is 5.93. The standard InChI is InChI=1S/C19H26N6O/c1-14-22-23-18-10-9-15(13-25(14)18)20-19(26)21-16-7-3-4-8-17(16)24-11-5-2-6-12-24/h3-4,7-8,15H,2,5-6,9-13H2,1H3,(H2,20,21,26). The highest BCUT2D eigenvalue weighted by Crippen LogP contribution is 2.28. The molecule has 0 saturated carbocycles. The lowest BCUT2D eigenvalue weighted by Crippen LogP contribution is -2.43. The summed E-state index contributed by atoms with van der Waals surface area (Å²) < 4.78 is 2.09. The van der Waals surface area contributed by atoms with Gasteiger partial charge in [-0.3, -0.25) is 0 Å². The summed E-state index contributed by atoms with van der Waals surface area (Å²) in [5.74, 6) is 1.92. The predicted molar refractivity (Wildman–Crippen MR) is 102 cm³/mol. The van der Waals surface area contributed by atoms with Crippen molar-refractivity contribution in [3.8, 4) is 0 Å². The highest BCUT2D eigenvalue weighted by atomic mass is 16.2. The van der Waals surface area contributed by atoms with Crippen molar-refractivity contribution in [2.24, 2.45) is 0 Å². The Kier molecular flexibility index (Phi) is 4.77. The topological polar surface area (TPSA) is 75.1 Å². The number of carbonyl (C=O) groups is 1. The van der Waals surface area contributed by atoms with Crippen LogP contribution in [0.15, 0.2) is 24.3 Å². The first-order valence-corrected chi connectivity index (χ1v) is 9.51. The molecule has 0 radical (unpaired) electrons. The summed E-state index contributed by atoms with van der Waals surface area (Å²) in [7, 11) is 0. The van der Waals surface area contributed by atoms with E-state index in [1.54, 1.807) is 0 Å². The molecule has 1 aromatic heterocycles. The number of amides is 2. The summed E-state index contributed by atoms with van der Waals surface area (Å²) in [6.45, 7) is 4.79. The second-order valence-electron chi connectivity index (χ2n) is 7.17. The summed E-state index contributed by atoms with van der Waals surface area (Å²) in [4.78, 5) is 14.9. The van der Waals surface area contributed by atoms with Gasteiger partial charge in [0.05, 0.1) is 11.4 Å². The van der Waals surface area contributed by atoms with Crippen molar-refractivity contribution in [1.29, 1.82) is 0 Å². The van der Waals surface area contributed by atoms with Gasteiger partial charge in [0.15, 0.2) is 0 Å². The molecule has 1 unspecified atom stereocenters. The van der Waals surface area contributed by atoms with Gasteiger partial charge in [0.1, 0.15) is 11.6 Å². The Morgan fingerprint density at radius 1 is 1.15 bits per heavy atom. The van der Waals surface area contributed by atoms with E-state index < -0.39 is 0 Å². The van der Waals surface area contributed by atoms with Crippen LogP contribution in [0.4, 0.5) is 16.2 Å². The number of para-hydroxylation sites is 2. The monoisotopic (exact) mass is 354 g/mol. The van der Waals surface area contributed by atoms with Crippen LogP contribution in [0, 0.1) is 6.92 Å². The van der Waals surface area contributed by atoms with Crippen LogP contribution in [-0.4, -0.2) is 39.9 Å². The van der Waals surface area contributed by atoms with Gasteiger partial charge in [0.2, 0.25) is 0 Å². The number of hydrogen-bond donors (Lipinski definition) is 2. The van der Waals surface area contributed by atoms with Crippen LogP contribution in [0.25, 0.3) is 0 Å². The van der Waals surface area contributed by atoms with Crippen LogP contribution in [0.2, 0.25) is 0 Å². The van der Waals surface area contributed by atoms with Gasteiger partial charge in [0, 0.05) is 32.1 Å². The van der Waals surface area contributed by atoms with Crippen LogP contribution in [0.1, 0.15) is 37.3 Å². The minimum Gasteiger partial charge on any atom is -0.370 e. The van der Waals surface area contributed by atoms with Crippen LogP contribution in [0.5, 0.6) is 0 Å². The summed E-state index contributed by atoms with van der Waals surface area (Å²) in [6.07, 6.45) is 5.45. The van der Waals surface area contributed by atoms with E-state index in [9.17, 15) is 4.79 Å². The maximum atomic E-state index is 12.6. The van der Waals surface area contributed by atoms with Crippen LogP contribution >= 0.6 is 0 Å². The third-order valence-electron chi connectivity index (χ3n) is 5.32. The number of hydrogen-bond acceptors (Lipinski definition) is 4. The van der Waals surface area contributed by atoms with Crippen molar-refractivity contribution in [2.45, 2.75) is 51.6 Å². The van der Waals surface area contributed by atoms with Gasteiger partial charge in [0.25, 0.3) is 0 Å². The second kappa shape index (κ2) is 7.35. The Hall–Kier alpha value is -2.57. The molecule has 1 fully saturated rings. The molecule has 1 atom stereocenters. The molecule has 0 aliphatic carbocycles. The maximum absolute atomic E-state index is 12.6.